The first-order valence-electron chi connectivity index (χ1n) is 6.03. The maximum Gasteiger partial charge on any atom is 0.175 e. The minimum absolute atomic E-state index is 0. The van der Waals surface area contributed by atoms with E-state index in [9.17, 15) is 0 Å². The molecule has 0 amide bonds. The summed E-state index contributed by atoms with van der Waals surface area (Å²) in [4.78, 5) is 0. The fourth-order valence-electron chi connectivity index (χ4n) is 1.57. The van der Waals surface area contributed by atoms with Crippen molar-refractivity contribution in [1.29, 1.82) is 0 Å². The van der Waals surface area contributed by atoms with Gasteiger partial charge in [-0.1, -0.05) is 19.6 Å². The van der Waals surface area contributed by atoms with Gasteiger partial charge in [0, 0.05) is 6.54 Å². The Balaban J connectivity index is 0.00000324. The van der Waals surface area contributed by atoms with Gasteiger partial charge in [0.15, 0.2) is 11.5 Å². The number of hydrogen-bond donors (Lipinski definition) is 1. The summed E-state index contributed by atoms with van der Waals surface area (Å²) in [7, 11) is 1.64. The van der Waals surface area contributed by atoms with Crippen molar-refractivity contribution >= 4 is 28.3 Å². The molecule has 0 spiro atoms. The van der Waals surface area contributed by atoms with Crippen molar-refractivity contribution in [2.75, 3.05) is 20.3 Å². The molecule has 0 saturated carbocycles. The summed E-state index contributed by atoms with van der Waals surface area (Å²) < 4.78 is 11.8. The molecule has 0 aromatic heterocycles. The van der Waals surface area contributed by atoms with Crippen LogP contribution in [-0.4, -0.2) is 20.3 Å². The number of methoxy groups -OCH3 is 1. The summed E-state index contributed by atoms with van der Waals surface area (Å²) >= 11 is 3.51. The molecule has 0 aliphatic rings. The Morgan fingerprint density at radius 3 is 2.74 bits per heavy atom. The zero-order valence-corrected chi connectivity index (χ0v) is 13.8. The average Bonchev–Trinajstić information content (AvgIpc) is 2.37. The number of nitrogens with one attached hydrogen (secondary N) is 1. The van der Waals surface area contributed by atoms with Crippen molar-refractivity contribution in [3.05, 3.63) is 34.8 Å². The molecule has 19 heavy (non-hydrogen) atoms. The zero-order chi connectivity index (χ0) is 13.4. The minimum atomic E-state index is 0. The molecule has 1 rings (SSSR count). The minimum Gasteiger partial charge on any atom is -0.493 e. The van der Waals surface area contributed by atoms with Crippen molar-refractivity contribution in [1.82, 2.24) is 5.32 Å². The van der Waals surface area contributed by atoms with Crippen molar-refractivity contribution < 1.29 is 9.47 Å². The summed E-state index contributed by atoms with van der Waals surface area (Å²) in [5.41, 5.74) is 1.16. The first kappa shape index (κ1) is 18.3. The molecule has 3 nitrogen and oxygen atoms in total. The molecule has 0 fully saturated rings. The van der Waals surface area contributed by atoms with Crippen LogP contribution in [0.4, 0.5) is 0 Å². The Labute approximate surface area is 129 Å². The van der Waals surface area contributed by atoms with E-state index in [4.69, 9.17) is 9.47 Å². The molecule has 108 valence electrons. The van der Waals surface area contributed by atoms with Crippen LogP contribution in [0.3, 0.4) is 0 Å². The van der Waals surface area contributed by atoms with Gasteiger partial charge in [0.2, 0.25) is 0 Å². The molecule has 0 aliphatic carbocycles. The second kappa shape index (κ2) is 10.1. The van der Waals surface area contributed by atoms with E-state index >= 15 is 0 Å². The van der Waals surface area contributed by atoms with E-state index in [1.807, 2.05) is 12.1 Å². The Kier molecular flexibility index (Phi) is 9.74. The number of benzene rings is 1. The molecule has 0 radical (unpaired) electrons. The number of ether oxygens (including phenoxy) is 2. The molecule has 0 saturated heterocycles. The van der Waals surface area contributed by atoms with Gasteiger partial charge >= 0.3 is 0 Å². The SMILES string of the molecule is C=CCOc1c(Br)cc(CNCCC)cc1OC.Cl. The molecule has 1 aromatic rings. The van der Waals surface area contributed by atoms with E-state index in [1.165, 1.54) is 0 Å². The van der Waals surface area contributed by atoms with Gasteiger partial charge in [0.05, 0.1) is 11.6 Å². The Morgan fingerprint density at radius 2 is 2.16 bits per heavy atom. The molecule has 0 bridgehead atoms. The zero-order valence-electron chi connectivity index (χ0n) is 11.4. The summed E-state index contributed by atoms with van der Waals surface area (Å²) in [6.45, 7) is 8.08. The molecular weight excluding hydrogens is 330 g/mol. The molecule has 0 atom stereocenters. The molecule has 1 N–H and O–H groups in total. The Hall–Kier alpha value is -0.710. The normalized spacial score (nSPS) is 9.63. The highest BCUT2D eigenvalue weighted by Gasteiger charge is 2.11. The summed E-state index contributed by atoms with van der Waals surface area (Å²) in [5, 5.41) is 3.36. The fraction of sp³-hybridized carbons (Fsp3) is 0.429. The number of halogens is 2. The van der Waals surface area contributed by atoms with Gasteiger partial charge in [-0.05, 0) is 46.6 Å². The highest BCUT2D eigenvalue weighted by molar-refractivity contribution is 9.10. The van der Waals surface area contributed by atoms with Gasteiger partial charge in [-0.25, -0.2) is 0 Å². The lowest BCUT2D eigenvalue weighted by Gasteiger charge is -2.13. The molecule has 0 unspecified atom stereocenters. The van der Waals surface area contributed by atoms with Crippen LogP contribution in [0.15, 0.2) is 29.3 Å². The van der Waals surface area contributed by atoms with E-state index in [1.54, 1.807) is 13.2 Å². The Bertz CT molecular complexity index is 399. The largest absolute Gasteiger partial charge is 0.493 e. The van der Waals surface area contributed by atoms with E-state index in [0.717, 1.165) is 41.0 Å². The highest BCUT2D eigenvalue weighted by atomic mass is 79.9. The quantitative estimate of drug-likeness (QED) is 0.569. The second-order valence-electron chi connectivity index (χ2n) is 3.89. The van der Waals surface area contributed by atoms with E-state index in [-0.39, 0.29) is 12.4 Å². The lowest BCUT2D eigenvalue weighted by Crippen LogP contribution is -2.14. The standard InChI is InChI=1S/C14H20BrNO2.ClH/c1-4-6-16-10-11-8-12(15)14(18-7-5-2)13(9-11)17-3;/h5,8-9,16H,2,4,6-7,10H2,1,3H3;1H. The molecular formula is C14H21BrClNO2. The van der Waals surface area contributed by atoms with E-state index in [2.05, 4.69) is 34.7 Å². The third-order valence-corrected chi connectivity index (χ3v) is 2.98. The molecule has 0 aliphatic heterocycles. The second-order valence-corrected chi connectivity index (χ2v) is 4.74. The van der Waals surface area contributed by atoms with Gasteiger partial charge in [0.1, 0.15) is 6.61 Å². The van der Waals surface area contributed by atoms with Crippen molar-refractivity contribution in [3.8, 4) is 11.5 Å². The van der Waals surface area contributed by atoms with Gasteiger partial charge in [-0.3, -0.25) is 0 Å². The fourth-order valence-corrected chi connectivity index (χ4v) is 2.17. The van der Waals surface area contributed by atoms with Crippen molar-refractivity contribution in [3.63, 3.8) is 0 Å². The monoisotopic (exact) mass is 349 g/mol. The predicted molar refractivity (Wildman–Crippen MR) is 85.6 cm³/mol. The van der Waals surface area contributed by atoms with Crippen molar-refractivity contribution in [2.45, 2.75) is 19.9 Å². The molecule has 5 heteroatoms. The van der Waals surface area contributed by atoms with Gasteiger partial charge in [-0.15, -0.1) is 12.4 Å². The third-order valence-electron chi connectivity index (χ3n) is 2.39. The van der Waals surface area contributed by atoms with E-state index < -0.39 is 0 Å². The van der Waals surface area contributed by atoms with Gasteiger partial charge in [0.25, 0.3) is 0 Å². The maximum atomic E-state index is 5.58. The van der Waals surface area contributed by atoms with Crippen LogP contribution in [-0.2, 0) is 6.54 Å². The smallest absolute Gasteiger partial charge is 0.175 e. The average molecular weight is 351 g/mol. The molecule has 1 aromatic carbocycles. The van der Waals surface area contributed by atoms with Crippen LogP contribution < -0.4 is 14.8 Å². The summed E-state index contributed by atoms with van der Waals surface area (Å²) in [6, 6.07) is 4.04. The van der Waals surface area contributed by atoms with Crippen LogP contribution in [0, 0.1) is 0 Å². The third kappa shape index (κ3) is 5.85. The van der Waals surface area contributed by atoms with Crippen LogP contribution in [0.2, 0.25) is 0 Å². The van der Waals surface area contributed by atoms with Gasteiger partial charge in [-0.2, -0.15) is 0 Å². The first-order valence-corrected chi connectivity index (χ1v) is 6.83. The van der Waals surface area contributed by atoms with Crippen LogP contribution in [0.1, 0.15) is 18.9 Å². The topological polar surface area (TPSA) is 30.5 Å². The van der Waals surface area contributed by atoms with Crippen LogP contribution >= 0.6 is 28.3 Å². The van der Waals surface area contributed by atoms with Crippen molar-refractivity contribution in [2.24, 2.45) is 0 Å². The number of rotatable bonds is 8. The number of hydrogen-bond acceptors (Lipinski definition) is 3. The highest BCUT2D eigenvalue weighted by Crippen LogP contribution is 2.36. The van der Waals surface area contributed by atoms with Crippen LogP contribution in [0.25, 0.3) is 0 Å². The van der Waals surface area contributed by atoms with E-state index in [0.29, 0.717) is 6.61 Å². The lowest BCUT2D eigenvalue weighted by molar-refractivity contribution is 0.324. The Morgan fingerprint density at radius 1 is 1.42 bits per heavy atom. The van der Waals surface area contributed by atoms with Crippen LogP contribution in [0.5, 0.6) is 11.5 Å². The lowest BCUT2D eigenvalue weighted by atomic mass is 10.2. The summed E-state index contributed by atoms with van der Waals surface area (Å²) in [5.74, 6) is 1.45. The summed E-state index contributed by atoms with van der Waals surface area (Å²) in [6.07, 6.45) is 2.83. The predicted octanol–water partition coefficient (Wildman–Crippen LogP) is 3.94. The van der Waals surface area contributed by atoms with Gasteiger partial charge < -0.3 is 14.8 Å². The first-order chi connectivity index (χ1) is 8.72. The molecule has 0 heterocycles. The maximum absolute atomic E-state index is 5.58.